The van der Waals surface area contributed by atoms with Gasteiger partial charge in [0.15, 0.2) is 0 Å². The molecule has 0 aliphatic heterocycles. The zero-order valence-electron chi connectivity index (χ0n) is 13.9. The van der Waals surface area contributed by atoms with Crippen molar-refractivity contribution in [2.24, 2.45) is 0 Å². The number of hydrogen-bond donors (Lipinski definition) is 1. The monoisotopic (exact) mass is 363 g/mol. The molecule has 2 rings (SSSR count). The first kappa shape index (κ1) is 18.4. The van der Waals surface area contributed by atoms with E-state index in [-0.39, 0.29) is 22.6 Å². The molecule has 132 valence electrons. The number of anilines is 2. The van der Waals surface area contributed by atoms with Crippen molar-refractivity contribution in [2.45, 2.75) is 6.92 Å². The minimum atomic E-state index is -3.55. The Bertz CT molecular complexity index is 941. The van der Waals surface area contributed by atoms with E-state index >= 15 is 0 Å². The van der Waals surface area contributed by atoms with Crippen LogP contribution in [-0.4, -0.2) is 32.6 Å². The molecule has 2 aromatic carbocycles. The molecule has 0 aliphatic carbocycles. The number of nitrogens with one attached hydrogen (secondary N) is 1. The van der Waals surface area contributed by atoms with E-state index in [0.717, 1.165) is 10.6 Å². The maximum absolute atomic E-state index is 12.6. The SMILES string of the molecule is Cc1c(NC(=O)c2ccccc2N(C)S(C)(=O)=O)cccc1[N+](=O)[O-]. The summed E-state index contributed by atoms with van der Waals surface area (Å²) in [5, 5.41) is 13.6. The van der Waals surface area contributed by atoms with E-state index in [1.165, 1.54) is 38.2 Å². The number of rotatable bonds is 5. The van der Waals surface area contributed by atoms with Crippen LogP contribution in [0.2, 0.25) is 0 Å². The lowest BCUT2D eigenvalue weighted by molar-refractivity contribution is -0.385. The van der Waals surface area contributed by atoms with Gasteiger partial charge in [-0.1, -0.05) is 18.2 Å². The highest BCUT2D eigenvalue weighted by atomic mass is 32.2. The van der Waals surface area contributed by atoms with Crippen molar-refractivity contribution < 1.29 is 18.1 Å². The number of nitro benzene ring substituents is 1. The summed E-state index contributed by atoms with van der Waals surface area (Å²) in [4.78, 5) is 23.1. The second kappa shape index (κ2) is 6.89. The third kappa shape index (κ3) is 3.94. The van der Waals surface area contributed by atoms with Gasteiger partial charge in [-0.3, -0.25) is 19.2 Å². The molecule has 2 aromatic rings. The Morgan fingerprint density at radius 1 is 1.16 bits per heavy atom. The van der Waals surface area contributed by atoms with Gasteiger partial charge in [0.1, 0.15) is 0 Å². The van der Waals surface area contributed by atoms with Crippen molar-refractivity contribution >= 4 is 33.0 Å². The van der Waals surface area contributed by atoms with Gasteiger partial charge in [0.2, 0.25) is 10.0 Å². The molecule has 9 heteroatoms. The summed E-state index contributed by atoms with van der Waals surface area (Å²) in [6.45, 7) is 1.53. The fourth-order valence-electron chi connectivity index (χ4n) is 2.27. The second-order valence-corrected chi connectivity index (χ2v) is 7.42. The summed E-state index contributed by atoms with van der Waals surface area (Å²) >= 11 is 0. The van der Waals surface area contributed by atoms with E-state index in [1.807, 2.05) is 0 Å². The highest BCUT2D eigenvalue weighted by Gasteiger charge is 2.21. The van der Waals surface area contributed by atoms with Crippen LogP contribution >= 0.6 is 0 Å². The molecule has 0 bridgehead atoms. The lowest BCUT2D eigenvalue weighted by Crippen LogP contribution is -2.27. The maximum Gasteiger partial charge on any atom is 0.274 e. The van der Waals surface area contributed by atoms with Crippen LogP contribution < -0.4 is 9.62 Å². The molecule has 8 nitrogen and oxygen atoms in total. The average molecular weight is 363 g/mol. The van der Waals surface area contributed by atoms with Gasteiger partial charge in [-0.05, 0) is 25.1 Å². The highest BCUT2D eigenvalue weighted by Crippen LogP contribution is 2.27. The summed E-state index contributed by atoms with van der Waals surface area (Å²) in [5.41, 5.74) is 0.845. The van der Waals surface area contributed by atoms with Gasteiger partial charge >= 0.3 is 0 Å². The van der Waals surface area contributed by atoms with Crippen molar-refractivity contribution in [3.63, 3.8) is 0 Å². The molecule has 0 aliphatic rings. The van der Waals surface area contributed by atoms with Crippen LogP contribution in [0.4, 0.5) is 17.1 Å². The van der Waals surface area contributed by atoms with Crippen molar-refractivity contribution in [1.82, 2.24) is 0 Å². The molecular formula is C16H17N3O5S. The fourth-order valence-corrected chi connectivity index (χ4v) is 2.78. The number of benzene rings is 2. The quantitative estimate of drug-likeness (QED) is 0.648. The normalized spacial score (nSPS) is 11.0. The number of carbonyl (C=O) groups excluding carboxylic acids is 1. The Morgan fingerprint density at radius 3 is 2.40 bits per heavy atom. The summed E-state index contributed by atoms with van der Waals surface area (Å²) < 4.78 is 24.5. The number of amides is 1. The number of hydrogen-bond acceptors (Lipinski definition) is 5. The minimum Gasteiger partial charge on any atom is -0.321 e. The van der Waals surface area contributed by atoms with Gasteiger partial charge in [0, 0.05) is 13.1 Å². The average Bonchev–Trinajstić information content (AvgIpc) is 2.54. The van der Waals surface area contributed by atoms with E-state index < -0.39 is 20.9 Å². The highest BCUT2D eigenvalue weighted by molar-refractivity contribution is 7.92. The number of para-hydroxylation sites is 1. The smallest absolute Gasteiger partial charge is 0.274 e. The third-order valence-electron chi connectivity index (χ3n) is 3.74. The van der Waals surface area contributed by atoms with Crippen LogP contribution in [0.15, 0.2) is 42.5 Å². The first-order valence-electron chi connectivity index (χ1n) is 7.21. The van der Waals surface area contributed by atoms with Gasteiger partial charge in [-0.25, -0.2) is 8.42 Å². The molecule has 0 aromatic heterocycles. The number of sulfonamides is 1. The van der Waals surface area contributed by atoms with Crippen LogP contribution in [0, 0.1) is 17.0 Å². The van der Waals surface area contributed by atoms with Crippen LogP contribution in [0.5, 0.6) is 0 Å². The summed E-state index contributed by atoms with van der Waals surface area (Å²) in [5.74, 6) is -0.560. The first-order valence-corrected chi connectivity index (χ1v) is 9.06. The van der Waals surface area contributed by atoms with Crippen LogP contribution in [0.3, 0.4) is 0 Å². The van der Waals surface area contributed by atoms with Crippen molar-refractivity contribution in [1.29, 1.82) is 0 Å². The molecule has 0 unspecified atom stereocenters. The standard InChI is InChI=1S/C16H17N3O5S/c1-11-13(8-6-10-14(11)19(21)22)17-16(20)12-7-4-5-9-15(12)18(2)25(3,23)24/h4-10H,1-3H3,(H,17,20). The Morgan fingerprint density at radius 2 is 1.80 bits per heavy atom. The van der Waals surface area contributed by atoms with Crippen molar-refractivity contribution in [2.75, 3.05) is 22.9 Å². The largest absolute Gasteiger partial charge is 0.321 e. The van der Waals surface area contributed by atoms with Gasteiger partial charge in [-0.2, -0.15) is 0 Å². The van der Waals surface area contributed by atoms with E-state index in [4.69, 9.17) is 0 Å². The third-order valence-corrected chi connectivity index (χ3v) is 4.93. The molecule has 1 amide bonds. The lowest BCUT2D eigenvalue weighted by atomic mass is 10.1. The van der Waals surface area contributed by atoms with Crippen molar-refractivity contribution in [3.05, 3.63) is 63.7 Å². The molecule has 0 atom stereocenters. The zero-order chi connectivity index (χ0) is 18.8. The second-order valence-electron chi connectivity index (χ2n) is 5.41. The van der Waals surface area contributed by atoms with Gasteiger partial charge < -0.3 is 5.32 Å². The topological polar surface area (TPSA) is 110 Å². The number of nitrogens with zero attached hydrogens (tertiary/aromatic N) is 2. The van der Waals surface area contributed by atoms with Crippen LogP contribution in [0.1, 0.15) is 15.9 Å². The summed E-state index contributed by atoms with van der Waals surface area (Å²) in [7, 11) is -2.20. The maximum atomic E-state index is 12.6. The predicted molar refractivity (Wildman–Crippen MR) is 95.5 cm³/mol. The Hall–Kier alpha value is -2.94. The van der Waals surface area contributed by atoms with Gasteiger partial charge in [-0.15, -0.1) is 0 Å². The van der Waals surface area contributed by atoms with Gasteiger partial charge in [0.05, 0.1) is 33.7 Å². The summed E-state index contributed by atoms with van der Waals surface area (Å²) in [6.07, 6.45) is 1.03. The van der Waals surface area contributed by atoms with E-state index in [2.05, 4.69) is 5.32 Å². The summed E-state index contributed by atoms with van der Waals surface area (Å²) in [6, 6.07) is 10.6. The molecule has 0 fully saturated rings. The number of nitro groups is 1. The zero-order valence-corrected chi connectivity index (χ0v) is 14.7. The first-order chi connectivity index (χ1) is 11.6. The Balaban J connectivity index is 2.41. The predicted octanol–water partition coefficient (Wildman–Crippen LogP) is 2.55. The van der Waals surface area contributed by atoms with Crippen LogP contribution in [-0.2, 0) is 10.0 Å². The number of carbonyl (C=O) groups is 1. The minimum absolute atomic E-state index is 0.112. The molecule has 0 heterocycles. The molecule has 0 saturated carbocycles. The van der Waals surface area contributed by atoms with E-state index in [9.17, 15) is 23.3 Å². The fraction of sp³-hybridized carbons (Fsp3) is 0.188. The molecular weight excluding hydrogens is 346 g/mol. The molecule has 0 radical (unpaired) electrons. The molecule has 0 saturated heterocycles. The van der Waals surface area contributed by atoms with Crippen LogP contribution in [0.25, 0.3) is 0 Å². The Kier molecular flexibility index (Phi) is 5.07. The van der Waals surface area contributed by atoms with Crippen molar-refractivity contribution in [3.8, 4) is 0 Å². The van der Waals surface area contributed by atoms with E-state index in [1.54, 1.807) is 18.2 Å². The van der Waals surface area contributed by atoms with E-state index in [0.29, 0.717) is 5.56 Å². The lowest BCUT2D eigenvalue weighted by Gasteiger charge is -2.20. The Labute approximate surface area is 145 Å². The molecule has 0 spiro atoms. The molecule has 1 N–H and O–H groups in total. The van der Waals surface area contributed by atoms with Gasteiger partial charge in [0.25, 0.3) is 11.6 Å². The molecule has 25 heavy (non-hydrogen) atoms.